The summed E-state index contributed by atoms with van der Waals surface area (Å²) in [5, 5.41) is 17.7. The fourth-order valence-corrected chi connectivity index (χ4v) is 4.03. The molecule has 0 bridgehead atoms. The summed E-state index contributed by atoms with van der Waals surface area (Å²) < 4.78 is 0. The van der Waals surface area contributed by atoms with Crippen LogP contribution in [0.15, 0.2) is 43.0 Å². The van der Waals surface area contributed by atoms with Crippen LogP contribution in [0, 0.1) is 0 Å². The first-order chi connectivity index (χ1) is 18.6. The Bertz CT molecular complexity index is 1330. The zero-order valence-corrected chi connectivity index (χ0v) is 21.6. The molecule has 0 saturated carbocycles. The number of fused-ring (bicyclic) bond motifs is 1. The number of hydrogen-bond acceptors (Lipinski definition) is 8. The highest BCUT2D eigenvalue weighted by atomic mass is 32.1. The number of carboxylic acids is 1. The van der Waals surface area contributed by atoms with Gasteiger partial charge in [-0.3, -0.25) is 19.2 Å². The van der Waals surface area contributed by atoms with E-state index in [1.807, 2.05) is 24.3 Å². The van der Waals surface area contributed by atoms with Crippen LogP contribution in [0.2, 0.25) is 0 Å². The van der Waals surface area contributed by atoms with Crippen LogP contribution in [0.5, 0.6) is 0 Å². The van der Waals surface area contributed by atoms with Gasteiger partial charge in [-0.15, -0.1) is 0 Å². The molecule has 39 heavy (non-hydrogen) atoms. The topological polar surface area (TPSA) is 238 Å². The molecule has 14 nitrogen and oxygen atoms in total. The number of aliphatic carboxylic acids is 1. The van der Waals surface area contributed by atoms with Gasteiger partial charge in [0.2, 0.25) is 23.6 Å². The Morgan fingerprint density at radius 2 is 1.59 bits per heavy atom. The molecule has 4 atom stereocenters. The number of aromatic amines is 2. The maximum atomic E-state index is 13.5. The van der Waals surface area contributed by atoms with Crippen molar-refractivity contribution in [2.24, 2.45) is 11.5 Å². The van der Waals surface area contributed by atoms with E-state index in [4.69, 9.17) is 11.5 Å². The van der Waals surface area contributed by atoms with Crippen LogP contribution in [0.1, 0.15) is 17.7 Å². The molecule has 0 aliphatic heterocycles. The number of rotatable bonds is 14. The molecule has 0 saturated heterocycles. The highest BCUT2D eigenvalue weighted by molar-refractivity contribution is 7.80. The molecule has 0 aliphatic rings. The highest BCUT2D eigenvalue weighted by Gasteiger charge is 2.31. The van der Waals surface area contributed by atoms with Crippen molar-refractivity contribution in [3.8, 4) is 0 Å². The van der Waals surface area contributed by atoms with Gasteiger partial charge in [-0.2, -0.15) is 12.6 Å². The molecule has 0 spiro atoms. The van der Waals surface area contributed by atoms with Crippen molar-refractivity contribution in [1.82, 2.24) is 30.9 Å². The van der Waals surface area contributed by atoms with E-state index in [9.17, 15) is 29.1 Å². The molecular formula is C24H30N8O6S. The number of carbonyl (C=O) groups is 5. The number of H-pyrrole nitrogens is 2. The van der Waals surface area contributed by atoms with Crippen LogP contribution >= 0.6 is 12.6 Å². The number of nitrogens with one attached hydrogen (secondary N) is 5. The SMILES string of the molecule is NC(=O)CC(NC(=O)C(Cc1cnc[nH]1)NC(=O)C(Cc1c[nH]c2ccccc12)NC(=O)C(N)CS)C(=O)O. The maximum absolute atomic E-state index is 13.5. The maximum Gasteiger partial charge on any atom is 0.326 e. The second-order valence-electron chi connectivity index (χ2n) is 8.83. The number of imidazole rings is 1. The molecule has 0 aliphatic carbocycles. The van der Waals surface area contributed by atoms with Gasteiger partial charge in [-0.05, 0) is 11.6 Å². The largest absolute Gasteiger partial charge is 0.480 e. The quantitative estimate of drug-likeness (QED) is 0.104. The van der Waals surface area contributed by atoms with Crippen LogP contribution in [-0.2, 0) is 36.8 Å². The lowest BCUT2D eigenvalue weighted by Crippen LogP contribution is -2.58. The van der Waals surface area contributed by atoms with Gasteiger partial charge in [0, 0.05) is 47.6 Å². The average Bonchev–Trinajstić information content (AvgIpc) is 3.56. The molecule has 2 aromatic heterocycles. The van der Waals surface area contributed by atoms with Crippen LogP contribution < -0.4 is 27.4 Å². The normalized spacial score (nSPS) is 14.1. The molecule has 4 unspecified atom stereocenters. The lowest BCUT2D eigenvalue weighted by molar-refractivity contribution is -0.143. The van der Waals surface area contributed by atoms with Gasteiger partial charge < -0.3 is 42.5 Å². The predicted octanol–water partition coefficient (Wildman–Crippen LogP) is -1.65. The minimum Gasteiger partial charge on any atom is -0.480 e. The molecule has 15 heteroatoms. The third-order valence-electron chi connectivity index (χ3n) is 5.90. The van der Waals surface area contributed by atoms with E-state index < -0.39 is 60.2 Å². The molecule has 0 radical (unpaired) electrons. The Kier molecular flexibility index (Phi) is 10.1. The smallest absolute Gasteiger partial charge is 0.326 e. The summed E-state index contributed by atoms with van der Waals surface area (Å²) in [6, 6.07) is 2.36. The van der Waals surface area contributed by atoms with Gasteiger partial charge in [0.05, 0.1) is 18.8 Å². The van der Waals surface area contributed by atoms with Gasteiger partial charge in [0.1, 0.15) is 18.1 Å². The summed E-state index contributed by atoms with van der Waals surface area (Å²) in [6.45, 7) is 0. The molecule has 3 aromatic rings. The first-order valence-corrected chi connectivity index (χ1v) is 12.5. The molecular weight excluding hydrogens is 528 g/mol. The second-order valence-corrected chi connectivity index (χ2v) is 9.19. The number of hydrogen-bond donors (Lipinski definition) is 9. The third kappa shape index (κ3) is 8.05. The van der Waals surface area contributed by atoms with Crippen molar-refractivity contribution in [2.45, 2.75) is 43.4 Å². The minimum atomic E-state index is -1.61. The Labute approximate surface area is 228 Å². The zero-order valence-electron chi connectivity index (χ0n) is 20.7. The van der Waals surface area contributed by atoms with E-state index in [0.717, 1.165) is 16.5 Å². The van der Waals surface area contributed by atoms with E-state index in [2.05, 4.69) is 43.5 Å². The first-order valence-electron chi connectivity index (χ1n) is 11.9. The number of thiol groups is 1. The fraction of sp³-hybridized carbons (Fsp3) is 0.333. The van der Waals surface area contributed by atoms with Crippen molar-refractivity contribution < 1.29 is 29.1 Å². The number of amides is 4. The predicted molar refractivity (Wildman–Crippen MR) is 143 cm³/mol. The Morgan fingerprint density at radius 1 is 0.949 bits per heavy atom. The molecule has 0 fully saturated rings. The standard InChI is InChI=1S/C24H30N8O6S/c25-15(10-39)21(34)30-17(5-12-8-28-16-4-2-1-3-14(12)16)22(35)31-18(6-13-9-27-11-29-13)23(36)32-19(24(37)38)7-20(26)33/h1-4,8-9,11,15,17-19,28,39H,5-7,10,25H2,(H2,26,33)(H,27,29)(H,30,34)(H,31,35)(H,32,36)(H,37,38). The van der Waals surface area contributed by atoms with Crippen molar-refractivity contribution >= 4 is 53.1 Å². The van der Waals surface area contributed by atoms with E-state index in [-0.39, 0.29) is 18.6 Å². The van der Waals surface area contributed by atoms with Crippen molar-refractivity contribution in [3.05, 3.63) is 54.2 Å². The number of nitrogens with zero attached hydrogens (tertiary/aromatic N) is 1. The van der Waals surface area contributed by atoms with Gasteiger partial charge in [-0.1, -0.05) is 18.2 Å². The summed E-state index contributed by atoms with van der Waals surface area (Å²) in [4.78, 5) is 71.8. The van der Waals surface area contributed by atoms with Crippen LogP contribution in [0.25, 0.3) is 10.9 Å². The van der Waals surface area contributed by atoms with E-state index >= 15 is 0 Å². The Hall–Kier alpha value is -4.37. The van der Waals surface area contributed by atoms with Gasteiger partial charge in [0.15, 0.2) is 0 Å². The number of nitrogens with two attached hydrogens (primary N) is 2. The lowest BCUT2D eigenvalue weighted by Gasteiger charge is -2.25. The fourth-order valence-electron chi connectivity index (χ4n) is 3.86. The van der Waals surface area contributed by atoms with Crippen LogP contribution in [-0.4, -0.2) is 79.6 Å². The number of carboxylic acid groups (broad SMARTS) is 1. The van der Waals surface area contributed by atoms with Gasteiger partial charge in [0.25, 0.3) is 0 Å². The number of para-hydroxylation sites is 1. The monoisotopic (exact) mass is 558 g/mol. The number of primary amides is 1. The number of benzene rings is 1. The van der Waals surface area contributed by atoms with Crippen molar-refractivity contribution in [1.29, 1.82) is 0 Å². The molecule has 4 amide bonds. The average molecular weight is 559 g/mol. The van der Waals surface area contributed by atoms with E-state index in [1.54, 1.807) is 6.20 Å². The minimum absolute atomic E-state index is 0.0363. The van der Waals surface area contributed by atoms with Gasteiger partial charge >= 0.3 is 5.97 Å². The number of aromatic nitrogens is 3. The molecule has 1 aromatic carbocycles. The summed E-state index contributed by atoms with van der Waals surface area (Å²) in [7, 11) is 0. The summed E-state index contributed by atoms with van der Waals surface area (Å²) in [5.74, 6) is -4.59. The summed E-state index contributed by atoms with van der Waals surface area (Å²) in [5.41, 5.74) is 12.9. The lowest BCUT2D eigenvalue weighted by atomic mass is 10.0. The molecule has 2 heterocycles. The second kappa shape index (κ2) is 13.4. The third-order valence-corrected chi connectivity index (χ3v) is 6.29. The van der Waals surface area contributed by atoms with Crippen molar-refractivity contribution in [2.75, 3.05) is 5.75 Å². The van der Waals surface area contributed by atoms with Crippen LogP contribution in [0.3, 0.4) is 0 Å². The van der Waals surface area contributed by atoms with Crippen molar-refractivity contribution in [3.63, 3.8) is 0 Å². The molecule has 208 valence electrons. The Morgan fingerprint density at radius 3 is 2.21 bits per heavy atom. The summed E-state index contributed by atoms with van der Waals surface area (Å²) >= 11 is 4.04. The van der Waals surface area contributed by atoms with Gasteiger partial charge in [-0.25, -0.2) is 9.78 Å². The Balaban J connectivity index is 1.86. The first kappa shape index (κ1) is 29.2. The van der Waals surface area contributed by atoms with E-state index in [0.29, 0.717) is 5.69 Å². The van der Waals surface area contributed by atoms with Crippen LogP contribution in [0.4, 0.5) is 0 Å². The molecule has 10 N–H and O–H groups in total. The molecule has 3 rings (SSSR count). The zero-order chi connectivity index (χ0) is 28.5. The van der Waals surface area contributed by atoms with E-state index in [1.165, 1.54) is 12.5 Å². The summed E-state index contributed by atoms with van der Waals surface area (Å²) in [6.07, 6.45) is 3.83. The number of carbonyl (C=O) groups excluding carboxylic acids is 4. The highest BCUT2D eigenvalue weighted by Crippen LogP contribution is 2.19.